The normalized spacial score (nSPS) is 20.7. The van der Waals surface area contributed by atoms with E-state index in [2.05, 4.69) is 15.0 Å². The van der Waals surface area contributed by atoms with Crippen molar-refractivity contribution in [1.82, 2.24) is 4.90 Å². The Hall–Kier alpha value is -1.62. The summed E-state index contributed by atoms with van der Waals surface area (Å²) in [6.45, 7) is 4.69. The molecule has 21 heavy (non-hydrogen) atoms. The molecule has 0 unspecified atom stereocenters. The number of methoxy groups -OCH3 is 1. The molecule has 0 spiro atoms. The third-order valence-corrected chi connectivity index (χ3v) is 4.75. The molecule has 5 nitrogen and oxygen atoms in total. The summed E-state index contributed by atoms with van der Waals surface area (Å²) in [5, 5.41) is 2.99. The van der Waals surface area contributed by atoms with Gasteiger partial charge in [0.05, 0.1) is 7.11 Å². The van der Waals surface area contributed by atoms with Crippen molar-refractivity contribution < 1.29 is 4.74 Å². The molecule has 0 atom stereocenters. The number of nitrogens with zero attached hydrogens (tertiary/aromatic N) is 3. The summed E-state index contributed by atoms with van der Waals surface area (Å²) in [6.07, 6.45) is 5.15. The van der Waals surface area contributed by atoms with Crippen LogP contribution in [0.4, 0.5) is 11.4 Å². The highest BCUT2D eigenvalue weighted by atomic mass is 16.5. The maximum atomic E-state index is 10.7. The zero-order chi connectivity index (χ0) is 14.7. The topological polar surface area (TPSA) is 45.1 Å². The molecule has 0 N–H and O–H groups in total. The Morgan fingerprint density at radius 3 is 2.48 bits per heavy atom. The van der Waals surface area contributed by atoms with Crippen LogP contribution in [0.1, 0.15) is 25.7 Å². The average Bonchev–Trinajstić information content (AvgIpc) is 3.09. The summed E-state index contributed by atoms with van der Waals surface area (Å²) < 4.78 is 5.24. The van der Waals surface area contributed by atoms with E-state index in [-0.39, 0.29) is 0 Å². The van der Waals surface area contributed by atoms with Crippen LogP contribution in [0.2, 0.25) is 0 Å². The Balaban J connectivity index is 1.64. The van der Waals surface area contributed by atoms with Crippen LogP contribution in [-0.4, -0.2) is 44.2 Å². The summed E-state index contributed by atoms with van der Waals surface area (Å²) in [5.74, 6) is 0.559. The van der Waals surface area contributed by atoms with Crippen molar-refractivity contribution in [2.45, 2.75) is 31.7 Å². The quantitative estimate of drug-likeness (QED) is 0.799. The Labute approximate surface area is 125 Å². The lowest BCUT2D eigenvalue weighted by Crippen LogP contribution is -2.43. The van der Waals surface area contributed by atoms with Gasteiger partial charge in [-0.15, -0.1) is 4.91 Å². The molecular weight excluding hydrogens is 266 g/mol. The summed E-state index contributed by atoms with van der Waals surface area (Å²) in [7, 11) is 1.58. The highest BCUT2D eigenvalue weighted by Gasteiger charge is 2.26. The number of anilines is 1. The maximum Gasteiger partial charge on any atom is 0.150 e. The number of hydrogen-bond acceptors (Lipinski definition) is 5. The predicted octanol–water partition coefficient (Wildman–Crippen LogP) is 3.16. The predicted molar refractivity (Wildman–Crippen MR) is 84.5 cm³/mol. The second-order valence-corrected chi connectivity index (χ2v) is 5.91. The molecular formula is C16H23N3O2. The van der Waals surface area contributed by atoms with Gasteiger partial charge in [0.15, 0.2) is 0 Å². The first kappa shape index (κ1) is 14.3. The van der Waals surface area contributed by atoms with Crippen molar-refractivity contribution in [1.29, 1.82) is 0 Å². The zero-order valence-corrected chi connectivity index (χ0v) is 12.6. The second-order valence-electron chi connectivity index (χ2n) is 5.91. The van der Waals surface area contributed by atoms with Crippen molar-refractivity contribution in [3.8, 4) is 5.75 Å². The van der Waals surface area contributed by atoms with Crippen LogP contribution in [0.5, 0.6) is 5.75 Å². The summed E-state index contributed by atoms with van der Waals surface area (Å²) in [5.41, 5.74) is 1.49. The minimum Gasteiger partial charge on any atom is -0.494 e. The number of benzene rings is 1. The number of rotatable bonds is 4. The Bertz CT molecular complexity index is 492. The number of likely N-dealkylation sites (tertiary alicyclic amines) is 1. The number of nitroso groups, excluding NO2 is 1. The first-order valence-corrected chi connectivity index (χ1v) is 7.82. The molecule has 2 saturated heterocycles. The van der Waals surface area contributed by atoms with E-state index in [0.29, 0.717) is 11.4 Å². The van der Waals surface area contributed by atoms with Crippen LogP contribution >= 0.6 is 0 Å². The summed E-state index contributed by atoms with van der Waals surface area (Å²) in [4.78, 5) is 15.7. The Morgan fingerprint density at radius 2 is 1.86 bits per heavy atom. The molecule has 5 heteroatoms. The van der Waals surface area contributed by atoms with E-state index in [1.54, 1.807) is 13.2 Å². The van der Waals surface area contributed by atoms with Gasteiger partial charge in [-0.05, 0) is 56.1 Å². The van der Waals surface area contributed by atoms with Gasteiger partial charge in [-0.1, -0.05) is 0 Å². The summed E-state index contributed by atoms with van der Waals surface area (Å²) >= 11 is 0. The van der Waals surface area contributed by atoms with E-state index in [0.717, 1.165) is 24.8 Å². The first-order chi connectivity index (χ1) is 10.3. The second kappa shape index (κ2) is 6.43. The van der Waals surface area contributed by atoms with E-state index in [1.807, 2.05) is 12.1 Å². The van der Waals surface area contributed by atoms with Gasteiger partial charge in [-0.2, -0.15) is 0 Å². The van der Waals surface area contributed by atoms with E-state index in [9.17, 15) is 4.91 Å². The monoisotopic (exact) mass is 289 g/mol. The molecule has 1 aromatic rings. The van der Waals surface area contributed by atoms with Gasteiger partial charge in [-0.25, -0.2) is 0 Å². The fourth-order valence-corrected chi connectivity index (χ4v) is 3.53. The van der Waals surface area contributed by atoms with Crippen LogP contribution in [0.15, 0.2) is 23.4 Å². The van der Waals surface area contributed by atoms with E-state index in [1.165, 1.54) is 38.8 Å². The first-order valence-electron chi connectivity index (χ1n) is 7.82. The Kier molecular flexibility index (Phi) is 4.39. The SMILES string of the molecule is COc1cc(N2CCC(N3CCCC3)CC2)ccc1N=O. The van der Waals surface area contributed by atoms with Crippen molar-refractivity contribution in [2.24, 2.45) is 5.18 Å². The molecule has 2 aliphatic heterocycles. The van der Waals surface area contributed by atoms with E-state index < -0.39 is 0 Å². The fraction of sp³-hybridized carbons (Fsp3) is 0.625. The van der Waals surface area contributed by atoms with Crippen LogP contribution in [0.3, 0.4) is 0 Å². The molecule has 0 bridgehead atoms. The lowest BCUT2D eigenvalue weighted by Gasteiger charge is -2.37. The van der Waals surface area contributed by atoms with Gasteiger partial charge < -0.3 is 14.5 Å². The third kappa shape index (κ3) is 3.02. The smallest absolute Gasteiger partial charge is 0.150 e. The zero-order valence-electron chi connectivity index (χ0n) is 12.6. The molecule has 2 aliphatic rings. The van der Waals surface area contributed by atoms with Crippen molar-refractivity contribution >= 4 is 11.4 Å². The van der Waals surface area contributed by atoms with Gasteiger partial charge in [0.25, 0.3) is 0 Å². The minimum absolute atomic E-state index is 0.369. The van der Waals surface area contributed by atoms with Crippen molar-refractivity contribution in [3.63, 3.8) is 0 Å². The van der Waals surface area contributed by atoms with Crippen molar-refractivity contribution in [3.05, 3.63) is 23.1 Å². The molecule has 0 aliphatic carbocycles. The van der Waals surface area contributed by atoms with Gasteiger partial charge in [0.2, 0.25) is 0 Å². The van der Waals surface area contributed by atoms with Crippen LogP contribution in [0.25, 0.3) is 0 Å². The molecule has 0 radical (unpaired) electrons. The molecule has 0 amide bonds. The van der Waals surface area contributed by atoms with Crippen LogP contribution in [0, 0.1) is 4.91 Å². The van der Waals surface area contributed by atoms with Gasteiger partial charge in [0, 0.05) is 30.9 Å². The third-order valence-electron chi connectivity index (χ3n) is 4.75. The van der Waals surface area contributed by atoms with Crippen LogP contribution < -0.4 is 9.64 Å². The average molecular weight is 289 g/mol. The summed E-state index contributed by atoms with van der Waals surface area (Å²) in [6, 6.07) is 6.39. The number of ether oxygens (including phenoxy) is 1. The standard InChI is InChI=1S/C16H23N3O2/c1-21-16-12-14(4-5-15(16)17-20)19-10-6-13(7-11-19)18-8-2-3-9-18/h4-5,12-13H,2-3,6-11H2,1H3. The van der Waals surface area contributed by atoms with Crippen LogP contribution in [-0.2, 0) is 0 Å². The lowest BCUT2D eigenvalue weighted by molar-refractivity contribution is 0.208. The highest BCUT2D eigenvalue weighted by molar-refractivity contribution is 5.62. The molecule has 2 fully saturated rings. The molecule has 3 rings (SSSR count). The minimum atomic E-state index is 0.369. The molecule has 2 heterocycles. The van der Waals surface area contributed by atoms with Gasteiger partial charge >= 0.3 is 0 Å². The van der Waals surface area contributed by atoms with E-state index >= 15 is 0 Å². The molecule has 0 aromatic heterocycles. The lowest BCUT2D eigenvalue weighted by atomic mass is 10.0. The van der Waals surface area contributed by atoms with Gasteiger partial charge in [0.1, 0.15) is 11.4 Å². The number of hydrogen-bond donors (Lipinski definition) is 0. The van der Waals surface area contributed by atoms with E-state index in [4.69, 9.17) is 4.74 Å². The molecule has 1 aromatic carbocycles. The fourth-order valence-electron chi connectivity index (χ4n) is 3.53. The number of piperidine rings is 1. The maximum absolute atomic E-state index is 10.7. The van der Waals surface area contributed by atoms with Gasteiger partial charge in [-0.3, -0.25) is 0 Å². The molecule has 114 valence electrons. The Morgan fingerprint density at radius 1 is 1.14 bits per heavy atom. The molecule has 0 saturated carbocycles. The highest BCUT2D eigenvalue weighted by Crippen LogP contribution is 2.33. The van der Waals surface area contributed by atoms with Crippen molar-refractivity contribution in [2.75, 3.05) is 38.2 Å². The largest absolute Gasteiger partial charge is 0.494 e.